The molecule has 0 saturated carbocycles. The van der Waals surface area contributed by atoms with E-state index in [2.05, 4.69) is 12.2 Å². The second kappa shape index (κ2) is 7.33. The lowest BCUT2D eigenvalue weighted by Gasteiger charge is -2.09. The third-order valence-corrected chi connectivity index (χ3v) is 2.98. The van der Waals surface area contributed by atoms with Crippen LogP contribution in [0.5, 0.6) is 5.75 Å². The minimum absolute atomic E-state index is 0.278. The molecule has 0 radical (unpaired) electrons. The molecule has 4 heteroatoms. The van der Waals surface area contributed by atoms with E-state index in [1.54, 1.807) is 18.2 Å². The van der Waals surface area contributed by atoms with Gasteiger partial charge in [0, 0.05) is 12.2 Å². The number of anilines is 1. The average molecular weight is 285 g/mol. The van der Waals surface area contributed by atoms with Crippen molar-refractivity contribution in [1.82, 2.24) is 0 Å². The van der Waals surface area contributed by atoms with Gasteiger partial charge in [-0.2, -0.15) is 0 Å². The van der Waals surface area contributed by atoms with Gasteiger partial charge in [-0.25, -0.2) is 4.79 Å². The number of nitrogens with one attached hydrogen (secondary N) is 1. The molecule has 0 aromatic heterocycles. The van der Waals surface area contributed by atoms with Crippen LogP contribution in [0.3, 0.4) is 0 Å². The minimum atomic E-state index is -0.923. The van der Waals surface area contributed by atoms with Gasteiger partial charge in [0.1, 0.15) is 5.75 Å². The summed E-state index contributed by atoms with van der Waals surface area (Å²) in [7, 11) is 0. The van der Waals surface area contributed by atoms with Crippen molar-refractivity contribution in [3.05, 3.63) is 59.7 Å². The lowest BCUT2D eigenvalue weighted by Crippen LogP contribution is -2.02. The predicted octanol–water partition coefficient (Wildman–Crippen LogP) is 3.79. The Morgan fingerprint density at radius 3 is 2.76 bits per heavy atom. The number of carbonyl (C=O) groups is 1. The zero-order chi connectivity index (χ0) is 15.1. The smallest absolute Gasteiger partial charge is 0.335 e. The van der Waals surface area contributed by atoms with E-state index in [1.807, 2.05) is 30.3 Å². The molecule has 0 aliphatic rings. The van der Waals surface area contributed by atoms with E-state index in [-0.39, 0.29) is 5.56 Å². The highest BCUT2D eigenvalue weighted by molar-refractivity contribution is 5.88. The highest BCUT2D eigenvalue weighted by Crippen LogP contribution is 2.16. The maximum absolute atomic E-state index is 10.9. The number of ether oxygens (including phenoxy) is 1. The Hall–Kier alpha value is -2.49. The van der Waals surface area contributed by atoms with Crippen LogP contribution in [0, 0.1) is 0 Å². The van der Waals surface area contributed by atoms with Crippen LogP contribution >= 0.6 is 0 Å². The lowest BCUT2D eigenvalue weighted by atomic mass is 10.2. The van der Waals surface area contributed by atoms with Gasteiger partial charge >= 0.3 is 5.97 Å². The monoisotopic (exact) mass is 285 g/mol. The van der Waals surface area contributed by atoms with Crippen molar-refractivity contribution < 1.29 is 14.6 Å². The van der Waals surface area contributed by atoms with Gasteiger partial charge in [0.05, 0.1) is 12.2 Å². The molecule has 0 heterocycles. The van der Waals surface area contributed by atoms with E-state index in [9.17, 15) is 4.79 Å². The van der Waals surface area contributed by atoms with E-state index in [0.717, 1.165) is 23.4 Å². The largest absolute Gasteiger partial charge is 0.494 e. The summed E-state index contributed by atoms with van der Waals surface area (Å²) in [5, 5.41) is 12.2. The number of hydrogen-bond acceptors (Lipinski definition) is 3. The molecule has 110 valence electrons. The third-order valence-electron chi connectivity index (χ3n) is 2.98. The molecule has 0 atom stereocenters. The van der Waals surface area contributed by atoms with Crippen LogP contribution in [0.2, 0.25) is 0 Å². The van der Waals surface area contributed by atoms with Crippen LogP contribution in [-0.4, -0.2) is 17.7 Å². The van der Waals surface area contributed by atoms with Crippen molar-refractivity contribution in [2.24, 2.45) is 0 Å². The molecule has 2 rings (SSSR count). The molecule has 0 fully saturated rings. The first-order valence-electron chi connectivity index (χ1n) is 6.98. The summed E-state index contributed by atoms with van der Waals surface area (Å²) >= 11 is 0. The molecule has 2 N–H and O–H groups in total. The van der Waals surface area contributed by atoms with Gasteiger partial charge in [-0.15, -0.1) is 0 Å². The van der Waals surface area contributed by atoms with Crippen molar-refractivity contribution in [1.29, 1.82) is 0 Å². The fourth-order valence-corrected chi connectivity index (χ4v) is 1.93. The second-order valence-corrected chi connectivity index (χ2v) is 4.74. The predicted molar refractivity (Wildman–Crippen MR) is 83.0 cm³/mol. The molecule has 0 saturated heterocycles. The van der Waals surface area contributed by atoms with E-state index >= 15 is 0 Å². The maximum atomic E-state index is 10.9. The number of aromatic carboxylic acids is 1. The van der Waals surface area contributed by atoms with Gasteiger partial charge < -0.3 is 15.2 Å². The quantitative estimate of drug-likeness (QED) is 0.812. The van der Waals surface area contributed by atoms with Gasteiger partial charge in [0.25, 0.3) is 0 Å². The van der Waals surface area contributed by atoms with Gasteiger partial charge in [-0.1, -0.05) is 25.1 Å². The highest BCUT2D eigenvalue weighted by atomic mass is 16.5. The Balaban J connectivity index is 1.99. The minimum Gasteiger partial charge on any atom is -0.494 e. The van der Waals surface area contributed by atoms with Crippen LogP contribution in [0.15, 0.2) is 48.5 Å². The van der Waals surface area contributed by atoms with Crippen molar-refractivity contribution in [3.63, 3.8) is 0 Å². The van der Waals surface area contributed by atoms with Crippen LogP contribution in [0.1, 0.15) is 29.3 Å². The molecule has 4 nitrogen and oxygen atoms in total. The Kier molecular flexibility index (Phi) is 5.21. The van der Waals surface area contributed by atoms with Gasteiger partial charge in [-0.3, -0.25) is 0 Å². The van der Waals surface area contributed by atoms with Crippen LogP contribution in [-0.2, 0) is 6.54 Å². The fraction of sp³-hybridized carbons (Fsp3) is 0.235. The van der Waals surface area contributed by atoms with Crippen molar-refractivity contribution >= 4 is 11.7 Å². The Morgan fingerprint density at radius 2 is 2.00 bits per heavy atom. The van der Waals surface area contributed by atoms with Gasteiger partial charge in [0.2, 0.25) is 0 Å². The molecule has 0 spiro atoms. The molecule has 0 unspecified atom stereocenters. The molecule has 0 aliphatic heterocycles. The van der Waals surface area contributed by atoms with Gasteiger partial charge in [0.15, 0.2) is 0 Å². The summed E-state index contributed by atoms with van der Waals surface area (Å²) in [6.45, 7) is 3.39. The van der Waals surface area contributed by atoms with E-state index in [0.29, 0.717) is 13.2 Å². The summed E-state index contributed by atoms with van der Waals surface area (Å²) in [5.41, 5.74) is 2.15. The summed E-state index contributed by atoms with van der Waals surface area (Å²) in [4.78, 5) is 10.9. The molecule has 2 aromatic rings. The highest BCUT2D eigenvalue weighted by Gasteiger charge is 2.03. The fourth-order valence-electron chi connectivity index (χ4n) is 1.93. The number of rotatable bonds is 7. The zero-order valence-corrected chi connectivity index (χ0v) is 12.0. The Bertz CT molecular complexity index is 610. The molecule has 21 heavy (non-hydrogen) atoms. The summed E-state index contributed by atoms with van der Waals surface area (Å²) in [6, 6.07) is 14.7. The molecule has 2 aromatic carbocycles. The normalized spacial score (nSPS) is 10.1. The summed E-state index contributed by atoms with van der Waals surface area (Å²) in [5.74, 6) is -0.0657. The SMILES string of the molecule is CCCOc1cccc(CNc2cccc(C(=O)O)c2)c1. The first-order chi connectivity index (χ1) is 10.2. The number of carboxylic acids is 1. The van der Waals surface area contributed by atoms with Crippen LogP contribution in [0.4, 0.5) is 5.69 Å². The summed E-state index contributed by atoms with van der Waals surface area (Å²) in [6.07, 6.45) is 0.977. The van der Waals surface area contributed by atoms with E-state index in [1.165, 1.54) is 0 Å². The zero-order valence-electron chi connectivity index (χ0n) is 12.0. The third kappa shape index (κ3) is 4.53. The molecule has 0 bridgehead atoms. The molecular weight excluding hydrogens is 266 g/mol. The first kappa shape index (κ1) is 14.9. The van der Waals surface area contributed by atoms with Gasteiger partial charge in [-0.05, 0) is 42.3 Å². The first-order valence-corrected chi connectivity index (χ1v) is 6.98. The lowest BCUT2D eigenvalue weighted by molar-refractivity contribution is 0.0697. The van der Waals surface area contributed by atoms with Crippen molar-refractivity contribution in [2.75, 3.05) is 11.9 Å². The van der Waals surface area contributed by atoms with Crippen LogP contribution < -0.4 is 10.1 Å². The number of hydrogen-bond donors (Lipinski definition) is 2. The van der Waals surface area contributed by atoms with E-state index < -0.39 is 5.97 Å². The van der Waals surface area contributed by atoms with E-state index in [4.69, 9.17) is 9.84 Å². The maximum Gasteiger partial charge on any atom is 0.335 e. The van der Waals surface area contributed by atoms with Crippen molar-refractivity contribution in [2.45, 2.75) is 19.9 Å². The second-order valence-electron chi connectivity index (χ2n) is 4.74. The number of benzene rings is 2. The van der Waals surface area contributed by atoms with Crippen molar-refractivity contribution in [3.8, 4) is 5.75 Å². The topological polar surface area (TPSA) is 58.6 Å². The number of carboxylic acid groups (broad SMARTS) is 1. The standard InChI is InChI=1S/C17H19NO3/c1-2-9-21-16-8-3-5-13(10-16)12-18-15-7-4-6-14(11-15)17(19)20/h3-8,10-11,18H,2,9,12H2,1H3,(H,19,20). The Morgan fingerprint density at radius 1 is 1.19 bits per heavy atom. The summed E-state index contributed by atoms with van der Waals surface area (Å²) < 4.78 is 5.59. The average Bonchev–Trinajstić information content (AvgIpc) is 2.51. The molecule has 0 aliphatic carbocycles. The molecular formula is C17H19NO3. The Labute approximate surface area is 124 Å². The molecule has 0 amide bonds. The van der Waals surface area contributed by atoms with Crippen LogP contribution in [0.25, 0.3) is 0 Å².